The van der Waals surface area contributed by atoms with Crippen LogP contribution in [0.1, 0.15) is 28.1 Å². The molecule has 0 amide bonds. The Morgan fingerprint density at radius 1 is 0.818 bits per heavy atom. The fourth-order valence-electron chi connectivity index (χ4n) is 4.03. The van der Waals surface area contributed by atoms with E-state index >= 15 is 0 Å². The van der Waals surface area contributed by atoms with Crippen molar-refractivity contribution in [2.75, 3.05) is 0 Å². The summed E-state index contributed by atoms with van der Waals surface area (Å²) in [6, 6.07) is 19.6. The maximum Gasteiger partial charge on any atom is 0.429 e. The monoisotopic (exact) mass is 776 g/mol. The fourth-order valence-corrected chi connectivity index (χ4v) is 4.03. The third-order valence-corrected chi connectivity index (χ3v) is 6.00. The average Bonchev–Trinajstić information content (AvgIpc) is 3.71. The standard InChI is InChI=1S/2C12H13N2.C8H4F3N4.Ir/c2*1-10-4-5-12(11(2)8-10)14-7-6-13(3)9-14;9-8(10,11)7-13-6(14-15-7)5-3-1-2-4-12-5;/h2*4,6-8H,1-3H3;1-4H;/q3*-1;. The van der Waals surface area contributed by atoms with Crippen molar-refractivity contribution < 1.29 is 42.4 Å². The molecule has 2 aromatic carbocycles. The smallest absolute Gasteiger partial charge is 0.413 e. The van der Waals surface area contributed by atoms with Gasteiger partial charge in [-0.05, 0) is 18.0 Å². The third kappa shape index (κ3) is 9.05. The summed E-state index contributed by atoms with van der Waals surface area (Å²) in [4.78, 5) is 7.05. The van der Waals surface area contributed by atoms with Crippen LogP contribution in [0.2, 0.25) is 0 Å². The molecule has 0 atom stereocenters. The third-order valence-electron chi connectivity index (χ3n) is 6.00. The van der Waals surface area contributed by atoms with Crippen molar-refractivity contribution in [3.05, 3.63) is 126 Å². The molecule has 0 aliphatic heterocycles. The Balaban J connectivity index is 0.000000178. The number of imidazole rings is 2. The Morgan fingerprint density at radius 2 is 1.34 bits per heavy atom. The van der Waals surface area contributed by atoms with Crippen molar-refractivity contribution in [3.63, 3.8) is 0 Å². The first-order chi connectivity index (χ1) is 20.4. The number of hydrogen-bond acceptors (Lipinski definition) is 3. The van der Waals surface area contributed by atoms with Gasteiger partial charge >= 0.3 is 6.18 Å². The van der Waals surface area contributed by atoms with Crippen molar-refractivity contribution in [1.82, 2.24) is 29.3 Å². The predicted molar refractivity (Wildman–Crippen MR) is 152 cm³/mol. The molecule has 1 radical (unpaired) electrons. The molecule has 0 aliphatic rings. The summed E-state index contributed by atoms with van der Waals surface area (Å²) in [5.41, 5.74) is 7.31. The van der Waals surface area contributed by atoms with E-state index in [1.165, 1.54) is 34.5 Å². The maximum atomic E-state index is 12.1. The van der Waals surface area contributed by atoms with Crippen molar-refractivity contribution in [2.24, 2.45) is 14.1 Å². The van der Waals surface area contributed by atoms with Crippen molar-refractivity contribution in [2.45, 2.75) is 33.9 Å². The maximum absolute atomic E-state index is 12.1. The van der Waals surface area contributed by atoms with Gasteiger partial charge < -0.3 is 28.4 Å². The van der Waals surface area contributed by atoms with E-state index in [1.54, 1.807) is 12.1 Å². The number of aromatic nitrogens is 8. The zero-order valence-electron chi connectivity index (χ0n) is 25.0. The molecule has 12 heteroatoms. The summed E-state index contributed by atoms with van der Waals surface area (Å²) in [5.74, 6) is -1.37. The molecule has 0 N–H and O–H groups in total. The zero-order chi connectivity index (χ0) is 31.1. The topological polar surface area (TPSA) is 70.4 Å². The summed E-state index contributed by atoms with van der Waals surface area (Å²) in [7, 11) is 3.92. The first-order valence-electron chi connectivity index (χ1n) is 13.2. The fraction of sp³-hybridized carbons (Fsp3) is 0.219. The van der Waals surface area contributed by atoms with Gasteiger partial charge in [0.15, 0.2) is 0 Å². The first kappa shape index (κ1) is 34.1. The summed E-state index contributed by atoms with van der Waals surface area (Å²) in [6.45, 7) is 8.33. The average molecular weight is 776 g/mol. The van der Waals surface area contributed by atoms with Crippen LogP contribution in [0.3, 0.4) is 0 Å². The molecule has 0 saturated carbocycles. The molecule has 231 valence electrons. The summed E-state index contributed by atoms with van der Waals surface area (Å²) in [5, 5.41) is 6.25. The molecule has 4 heterocycles. The summed E-state index contributed by atoms with van der Waals surface area (Å²) >= 11 is 0. The normalized spacial score (nSPS) is 10.7. The molecule has 0 saturated heterocycles. The molecule has 0 fully saturated rings. The van der Waals surface area contributed by atoms with Crippen LogP contribution < -0.4 is 14.2 Å². The van der Waals surface area contributed by atoms with Gasteiger partial charge in [0.05, 0.1) is 19.8 Å². The van der Waals surface area contributed by atoms with E-state index < -0.39 is 12.0 Å². The minimum absolute atomic E-state index is 0. The molecule has 0 bridgehead atoms. The molecule has 0 aliphatic carbocycles. The van der Waals surface area contributed by atoms with Crippen LogP contribution >= 0.6 is 0 Å². The van der Waals surface area contributed by atoms with Crippen LogP contribution in [0.25, 0.3) is 22.9 Å². The number of benzene rings is 2. The Bertz CT molecular complexity index is 1700. The molecular weight excluding hydrogens is 746 g/mol. The van der Waals surface area contributed by atoms with Crippen LogP contribution in [0, 0.1) is 52.5 Å². The number of nitrogens with zero attached hydrogens (tertiary/aromatic N) is 8. The molecular formula is C32H30F3IrN8-3. The first-order valence-corrected chi connectivity index (χ1v) is 13.2. The molecule has 8 nitrogen and oxygen atoms in total. The van der Waals surface area contributed by atoms with E-state index in [2.05, 4.69) is 84.8 Å². The van der Waals surface area contributed by atoms with Gasteiger partial charge in [0.1, 0.15) is 5.82 Å². The van der Waals surface area contributed by atoms with Crippen LogP contribution in [0.4, 0.5) is 13.2 Å². The van der Waals surface area contributed by atoms with Gasteiger partial charge in [-0.3, -0.25) is 10.1 Å². The van der Waals surface area contributed by atoms with E-state index in [0.717, 1.165) is 11.4 Å². The molecule has 44 heavy (non-hydrogen) atoms. The number of pyridine rings is 1. The van der Waals surface area contributed by atoms with Gasteiger partial charge in [-0.15, -0.1) is 0 Å². The summed E-state index contributed by atoms with van der Waals surface area (Å²) in [6.07, 6.45) is 11.1. The number of alkyl halides is 3. The van der Waals surface area contributed by atoms with Gasteiger partial charge in [0, 0.05) is 51.1 Å². The Morgan fingerprint density at radius 3 is 1.70 bits per heavy atom. The van der Waals surface area contributed by atoms with Gasteiger partial charge in [0.25, 0.3) is 0 Å². The van der Waals surface area contributed by atoms with Crippen molar-refractivity contribution in [3.8, 4) is 22.9 Å². The van der Waals surface area contributed by atoms with Crippen LogP contribution in [0.5, 0.6) is 0 Å². The van der Waals surface area contributed by atoms with Crippen LogP contribution in [-0.4, -0.2) is 24.2 Å². The van der Waals surface area contributed by atoms with Gasteiger partial charge in [-0.1, -0.05) is 45.1 Å². The second-order valence-electron chi connectivity index (χ2n) is 9.85. The molecule has 6 rings (SSSR count). The SMILES string of the molecule is Cc1c[c-]c(-n2[c-][n+](C)cc2)c(C)c1.Cc1c[c-]c(-n2[c-][n+](C)cc2)c(C)c1.FC(F)(F)c1n[n-]c(-c2ccccn2)n1.[Ir]. The van der Waals surface area contributed by atoms with Crippen molar-refractivity contribution in [1.29, 1.82) is 0 Å². The number of rotatable bonds is 3. The van der Waals surface area contributed by atoms with Gasteiger partial charge in [-0.2, -0.15) is 71.8 Å². The quantitative estimate of drug-likeness (QED) is 0.196. The molecule has 0 spiro atoms. The van der Waals surface area contributed by atoms with Crippen molar-refractivity contribution >= 4 is 0 Å². The van der Waals surface area contributed by atoms with Crippen LogP contribution in [0.15, 0.2) is 73.4 Å². The molecule has 6 aromatic rings. The van der Waals surface area contributed by atoms with E-state index in [9.17, 15) is 13.2 Å². The van der Waals surface area contributed by atoms with Gasteiger partial charge in [0.2, 0.25) is 12.7 Å². The second kappa shape index (κ2) is 14.9. The zero-order valence-corrected chi connectivity index (χ0v) is 27.4. The number of hydrogen-bond donors (Lipinski definition) is 0. The largest absolute Gasteiger partial charge is 0.429 e. The van der Waals surface area contributed by atoms with Gasteiger partial charge in [-0.25, -0.2) is 0 Å². The van der Waals surface area contributed by atoms with Crippen LogP contribution in [-0.2, 0) is 40.4 Å². The minimum atomic E-state index is -4.57. The second-order valence-corrected chi connectivity index (χ2v) is 9.85. The van der Waals surface area contributed by atoms with E-state index in [-0.39, 0.29) is 31.6 Å². The van der Waals surface area contributed by atoms with E-state index in [0.29, 0.717) is 0 Å². The Hall–Kier alpha value is -4.41. The molecule has 4 aromatic heterocycles. The minimum Gasteiger partial charge on any atom is -0.413 e. The Kier molecular flexibility index (Phi) is 11.5. The van der Waals surface area contributed by atoms with E-state index in [1.807, 2.05) is 69.3 Å². The number of aryl methyl sites for hydroxylation is 6. The van der Waals surface area contributed by atoms with E-state index in [4.69, 9.17) is 0 Å². The Labute approximate surface area is 268 Å². The number of halogens is 3. The predicted octanol–water partition coefficient (Wildman–Crippen LogP) is 4.55. The molecule has 0 unspecified atom stereocenters. The summed E-state index contributed by atoms with van der Waals surface area (Å²) < 4.78 is 44.1.